The molecule has 0 aromatic carbocycles. The Hall–Kier alpha value is -0.660. The molecule has 0 radical (unpaired) electrons. The van der Waals surface area contributed by atoms with Crippen LogP contribution in [0.1, 0.15) is 0 Å². The SMILES string of the molecule is N#CC(=S)C(=S)C=N. The molecule has 0 aromatic heterocycles. The number of nitrogens with one attached hydrogen (secondary N) is 1. The second-order valence-electron chi connectivity index (χ2n) is 0.950. The van der Waals surface area contributed by atoms with Crippen LogP contribution in [-0.2, 0) is 0 Å². The average molecular weight is 142 g/mol. The van der Waals surface area contributed by atoms with Crippen molar-refractivity contribution in [1.82, 2.24) is 0 Å². The Labute approximate surface area is 57.6 Å². The van der Waals surface area contributed by atoms with Gasteiger partial charge in [0.15, 0.2) is 0 Å². The molecule has 0 aliphatic rings. The highest BCUT2D eigenvalue weighted by Gasteiger charge is 1.95. The van der Waals surface area contributed by atoms with E-state index >= 15 is 0 Å². The Bertz CT molecular complexity index is 177. The average Bonchev–Trinajstić information content (AvgIpc) is 1.84. The van der Waals surface area contributed by atoms with Gasteiger partial charge in [-0.25, -0.2) is 0 Å². The van der Waals surface area contributed by atoms with Gasteiger partial charge in [-0.1, -0.05) is 24.4 Å². The Kier molecular flexibility index (Phi) is 3.08. The van der Waals surface area contributed by atoms with Gasteiger partial charge in [-0.05, 0) is 0 Å². The Balaban J connectivity index is 4.09. The van der Waals surface area contributed by atoms with E-state index in [0.29, 0.717) is 0 Å². The van der Waals surface area contributed by atoms with Crippen LogP contribution >= 0.6 is 24.4 Å². The first-order valence-electron chi connectivity index (χ1n) is 1.71. The summed E-state index contributed by atoms with van der Waals surface area (Å²) >= 11 is 8.89. The van der Waals surface area contributed by atoms with Crippen molar-refractivity contribution in [3.05, 3.63) is 0 Å². The van der Waals surface area contributed by atoms with Crippen LogP contribution in [0.2, 0.25) is 0 Å². The number of hydrogen-bond acceptors (Lipinski definition) is 4. The highest BCUT2D eigenvalue weighted by Crippen LogP contribution is 1.77. The van der Waals surface area contributed by atoms with E-state index in [0.717, 1.165) is 6.21 Å². The van der Waals surface area contributed by atoms with E-state index in [1.54, 1.807) is 6.07 Å². The van der Waals surface area contributed by atoms with Crippen LogP contribution in [0.5, 0.6) is 0 Å². The van der Waals surface area contributed by atoms with Crippen molar-refractivity contribution in [2.45, 2.75) is 0 Å². The van der Waals surface area contributed by atoms with Crippen LogP contribution in [-0.4, -0.2) is 15.9 Å². The van der Waals surface area contributed by atoms with E-state index in [-0.39, 0.29) is 9.73 Å². The van der Waals surface area contributed by atoms with Crippen LogP contribution < -0.4 is 0 Å². The van der Waals surface area contributed by atoms with E-state index in [1.807, 2.05) is 0 Å². The van der Waals surface area contributed by atoms with Crippen molar-refractivity contribution >= 4 is 40.4 Å². The first-order valence-corrected chi connectivity index (χ1v) is 2.53. The van der Waals surface area contributed by atoms with Gasteiger partial charge in [0.05, 0.1) is 4.86 Å². The fourth-order valence-electron chi connectivity index (χ4n) is 0.121. The van der Waals surface area contributed by atoms with Gasteiger partial charge in [-0.3, -0.25) is 0 Å². The third kappa shape index (κ3) is 1.87. The van der Waals surface area contributed by atoms with E-state index in [1.165, 1.54) is 0 Å². The minimum absolute atomic E-state index is 0.00926. The summed E-state index contributed by atoms with van der Waals surface area (Å²) in [7, 11) is 0. The number of thiocarbonyl (C=S) groups is 2. The molecular formula is C4H2N2S2. The molecule has 0 atom stereocenters. The zero-order valence-corrected chi connectivity index (χ0v) is 5.47. The zero-order chi connectivity index (χ0) is 6.57. The fourth-order valence-corrected chi connectivity index (χ4v) is 0.225. The monoisotopic (exact) mass is 142 g/mol. The van der Waals surface area contributed by atoms with Gasteiger partial charge in [-0.2, -0.15) is 5.26 Å². The fraction of sp³-hybridized carbons (Fsp3) is 0. The van der Waals surface area contributed by atoms with Crippen molar-refractivity contribution in [1.29, 1.82) is 10.7 Å². The standard InChI is InChI=1S/C4H2N2S2/c5-1-3(7)4(8)2-6/h1,5H. The summed E-state index contributed by atoms with van der Waals surface area (Å²) in [4.78, 5) is 0.137. The summed E-state index contributed by atoms with van der Waals surface area (Å²) in [5.74, 6) is 0. The first-order chi connectivity index (χ1) is 3.72. The Morgan fingerprint density at radius 1 is 1.62 bits per heavy atom. The third-order valence-electron chi connectivity index (χ3n) is 0.456. The minimum atomic E-state index is 0.00926. The molecule has 0 saturated carbocycles. The van der Waals surface area contributed by atoms with Gasteiger partial charge >= 0.3 is 0 Å². The zero-order valence-electron chi connectivity index (χ0n) is 3.84. The van der Waals surface area contributed by atoms with Crippen molar-refractivity contribution in [2.24, 2.45) is 0 Å². The molecule has 8 heavy (non-hydrogen) atoms. The first kappa shape index (κ1) is 7.34. The predicted molar refractivity (Wildman–Crippen MR) is 39.6 cm³/mol. The summed E-state index contributed by atoms with van der Waals surface area (Å²) in [6.45, 7) is 0. The molecule has 0 aliphatic carbocycles. The number of hydrogen-bond donors (Lipinski definition) is 1. The number of nitrogens with zero attached hydrogens (tertiary/aromatic N) is 1. The van der Waals surface area contributed by atoms with Gasteiger partial charge in [-0.15, -0.1) is 0 Å². The van der Waals surface area contributed by atoms with Crippen molar-refractivity contribution < 1.29 is 0 Å². The van der Waals surface area contributed by atoms with Gasteiger partial charge < -0.3 is 5.41 Å². The van der Waals surface area contributed by atoms with Gasteiger partial charge in [0, 0.05) is 6.21 Å². The molecule has 40 valence electrons. The van der Waals surface area contributed by atoms with Gasteiger partial charge in [0.25, 0.3) is 0 Å². The molecule has 0 unspecified atom stereocenters. The van der Waals surface area contributed by atoms with Crippen LogP contribution in [0.25, 0.3) is 0 Å². The highest BCUT2D eigenvalue weighted by molar-refractivity contribution is 7.91. The topological polar surface area (TPSA) is 47.6 Å². The van der Waals surface area contributed by atoms with E-state index in [9.17, 15) is 0 Å². The van der Waals surface area contributed by atoms with Crippen LogP contribution in [0.15, 0.2) is 0 Å². The van der Waals surface area contributed by atoms with Gasteiger partial charge in [0.1, 0.15) is 10.9 Å². The summed E-state index contributed by atoms with van der Waals surface area (Å²) in [5, 5.41) is 14.6. The van der Waals surface area contributed by atoms with Crippen molar-refractivity contribution in [2.75, 3.05) is 0 Å². The summed E-state index contributed by atoms with van der Waals surface area (Å²) in [6, 6.07) is 1.65. The van der Waals surface area contributed by atoms with E-state index in [2.05, 4.69) is 24.4 Å². The molecule has 0 fully saturated rings. The summed E-state index contributed by atoms with van der Waals surface area (Å²) in [6.07, 6.45) is 0.890. The minimum Gasteiger partial charge on any atom is -0.307 e. The molecule has 0 amide bonds. The lowest BCUT2D eigenvalue weighted by atomic mass is 10.3. The molecular weight excluding hydrogens is 140 g/mol. The number of rotatable bonds is 2. The van der Waals surface area contributed by atoms with Crippen LogP contribution in [0, 0.1) is 16.7 Å². The maximum atomic E-state index is 8.05. The summed E-state index contributed by atoms with van der Waals surface area (Å²) in [5.41, 5.74) is 0. The lowest BCUT2D eigenvalue weighted by Crippen LogP contribution is -2.05. The molecule has 4 heteroatoms. The molecule has 2 nitrogen and oxygen atoms in total. The molecule has 0 rings (SSSR count). The molecule has 0 saturated heterocycles. The maximum absolute atomic E-state index is 8.05. The van der Waals surface area contributed by atoms with Crippen molar-refractivity contribution in [3.63, 3.8) is 0 Å². The third-order valence-corrected chi connectivity index (χ3v) is 1.22. The Morgan fingerprint density at radius 3 is 2.25 bits per heavy atom. The van der Waals surface area contributed by atoms with E-state index < -0.39 is 0 Å². The quantitative estimate of drug-likeness (QED) is 0.460. The smallest absolute Gasteiger partial charge is 0.134 e. The summed E-state index contributed by atoms with van der Waals surface area (Å²) < 4.78 is 0. The molecule has 1 N–H and O–H groups in total. The van der Waals surface area contributed by atoms with E-state index in [4.69, 9.17) is 10.7 Å². The molecule has 0 aliphatic heterocycles. The van der Waals surface area contributed by atoms with Crippen LogP contribution in [0.4, 0.5) is 0 Å². The maximum Gasteiger partial charge on any atom is 0.134 e. The molecule has 0 bridgehead atoms. The van der Waals surface area contributed by atoms with Gasteiger partial charge in [0.2, 0.25) is 0 Å². The second-order valence-corrected chi connectivity index (χ2v) is 1.80. The van der Waals surface area contributed by atoms with Crippen molar-refractivity contribution in [3.8, 4) is 6.07 Å². The number of nitriles is 1. The predicted octanol–water partition coefficient (Wildman–Crippen LogP) is 0.899. The van der Waals surface area contributed by atoms with Crippen LogP contribution in [0.3, 0.4) is 0 Å². The lowest BCUT2D eigenvalue weighted by molar-refractivity contribution is 1.56. The molecule has 0 aromatic rings. The second kappa shape index (κ2) is 3.36. The Morgan fingerprint density at radius 2 is 2.12 bits per heavy atom. The lowest BCUT2D eigenvalue weighted by Gasteiger charge is -1.80. The normalized spacial score (nSPS) is 6.88. The molecule has 0 spiro atoms. The highest BCUT2D eigenvalue weighted by atomic mass is 32.1. The largest absolute Gasteiger partial charge is 0.307 e. The molecule has 0 heterocycles.